The highest BCUT2D eigenvalue weighted by Gasteiger charge is 2.21. The highest BCUT2D eigenvalue weighted by atomic mass is 16.3. The van der Waals surface area contributed by atoms with E-state index in [1.807, 2.05) is 24.0 Å². The third-order valence-corrected chi connectivity index (χ3v) is 4.12. The summed E-state index contributed by atoms with van der Waals surface area (Å²) in [4.78, 5) is 14.1. The molecule has 2 amide bonds. The Morgan fingerprint density at radius 1 is 1.43 bits per heavy atom. The van der Waals surface area contributed by atoms with Gasteiger partial charge < -0.3 is 15.3 Å². The van der Waals surface area contributed by atoms with Gasteiger partial charge in [-0.25, -0.2) is 4.79 Å². The van der Waals surface area contributed by atoms with Gasteiger partial charge in [0.2, 0.25) is 0 Å². The summed E-state index contributed by atoms with van der Waals surface area (Å²) in [6.45, 7) is 6.00. The van der Waals surface area contributed by atoms with Gasteiger partial charge in [-0.15, -0.1) is 0 Å². The van der Waals surface area contributed by atoms with E-state index in [9.17, 15) is 9.90 Å². The summed E-state index contributed by atoms with van der Waals surface area (Å²) in [5.41, 5.74) is 1.18. The van der Waals surface area contributed by atoms with Crippen molar-refractivity contribution in [1.29, 1.82) is 0 Å². The zero-order valence-electron chi connectivity index (χ0n) is 13.0. The minimum Gasteiger partial charge on any atom is -0.508 e. The van der Waals surface area contributed by atoms with Gasteiger partial charge in [0.1, 0.15) is 5.75 Å². The number of benzene rings is 1. The van der Waals surface area contributed by atoms with Gasteiger partial charge in [0, 0.05) is 19.1 Å². The second-order valence-corrected chi connectivity index (χ2v) is 6.25. The minimum atomic E-state index is 0.0692. The zero-order valence-corrected chi connectivity index (χ0v) is 13.0. The molecule has 21 heavy (non-hydrogen) atoms. The molecular weight excluding hydrogens is 264 g/mol. The molecule has 1 fully saturated rings. The summed E-state index contributed by atoms with van der Waals surface area (Å²) in [5.74, 6) is 0.899. The van der Waals surface area contributed by atoms with Crippen LogP contribution < -0.4 is 5.32 Å². The number of aromatic hydroxyl groups is 1. The number of aryl methyl sites for hydroxylation is 1. The van der Waals surface area contributed by atoms with Gasteiger partial charge in [0.05, 0.1) is 0 Å². The molecule has 2 N–H and O–H groups in total. The van der Waals surface area contributed by atoms with E-state index in [-0.39, 0.29) is 12.1 Å². The van der Waals surface area contributed by atoms with E-state index >= 15 is 0 Å². The maximum absolute atomic E-state index is 12.2. The minimum absolute atomic E-state index is 0.0692. The quantitative estimate of drug-likeness (QED) is 0.895. The van der Waals surface area contributed by atoms with Crippen molar-refractivity contribution in [2.24, 2.45) is 5.92 Å². The Balaban J connectivity index is 1.74. The molecule has 2 atom stereocenters. The summed E-state index contributed by atoms with van der Waals surface area (Å²) < 4.78 is 0. The molecule has 1 aromatic carbocycles. The number of carbonyl (C=O) groups excluding carboxylic acids is 1. The summed E-state index contributed by atoms with van der Waals surface area (Å²) >= 11 is 0. The predicted octanol–water partition coefficient (Wildman–Crippen LogP) is 3.15. The zero-order chi connectivity index (χ0) is 15.2. The van der Waals surface area contributed by atoms with Gasteiger partial charge >= 0.3 is 6.03 Å². The highest BCUT2D eigenvalue weighted by Crippen LogP contribution is 2.16. The molecular formula is C17H26N2O2. The number of rotatable bonds is 4. The molecule has 116 valence electrons. The molecule has 1 aliphatic rings. The molecule has 1 aliphatic heterocycles. The van der Waals surface area contributed by atoms with Gasteiger partial charge in [0.25, 0.3) is 0 Å². The van der Waals surface area contributed by atoms with Crippen molar-refractivity contribution in [1.82, 2.24) is 10.2 Å². The van der Waals surface area contributed by atoms with Crippen molar-refractivity contribution in [2.45, 2.75) is 45.6 Å². The van der Waals surface area contributed by atoms with Gasteiger partial charge in [0.15, 0.2) is 0 Å². The molecule has 2 rings (SSSR count). The maximum Gasteiger partial charge on any atom is 0.317 e. The van der Waals surface area contributed by atoms with Crippen LogP contribution in [0.25, 0.3) is 0 Å². The smallest absolute Gasteiger partial charge is 0.317 e. The number of hydrogen-bond donors (Lipinski definition) is 2. The predicted molar refractivity (Wildman–Crippen MR) is 84.4 cm³/mol. The van der Waals surface area contributed by atoms with E-state index in [0.29, 0.717) is 11.7 Å². The Hall–Kier alpha value is -1.71. The average Bonchev–Trinajstić information content (AvgIpc) is 2.46. The van der Waals surface area contributed by atoms with E-state index in [1.54, 1.807) is 12.1 Å². The monoisotopic (exact) mass is 290 g/mol. The normalized spacial score (nSPS) is 20.1. The van der Waals surface area contributed by atoms with Crippen LogP contribution in [-0.4, -0.2) is 35.2 Å². The number of hydrogen-bond acceptors (Lipinski definition) is 2. The van der Waals surface area contributed by atoms with Crippen molar-refractivity contribution in [3.8, 4) is 5.75 Å². The fourth-order valence-electron chi connectivity index (χ4n) is 2.79. The van der Waals surface area contributed by atoms with E-state index < -0.39 is 0 Å². The van der Waals surface area contributed by atoms with Crippen molar-refractivity contribution in [3.63, 3.8) is 0 Å². The lowest BCUT2D eigenvalue weighted by Gasteiger charge is -2.32. The van der Waals surface area contributed by atoms with E-state index in [4.69, 9.17) is 0 Å². The molecule has 0 spiro atoms. The van der Waals surface area contributed by atoms with E-state index in [2.05, 4.69) is 12.2 Å². The molecule has 0 aromatic heterocycles. The fourth-order valence-corrected chi connectivity index (χ4v) is 2.79. The van der Waals surface area contributed by atoms with Crippen LogP contribution in [0.2, 0.25) is 0 Å². The second-order valence-electron chi connectivity index (χ2n) is 6.25. The number of nitrogens with zero attached hydrogens (tertiary/aromatic N) is 1. The average molecular weight is 290 g/mol. The molecule has 2 unspecified atom stereocenters. The molecule has 0 radical (unpaired) electrons. The summed E-state index contributed by atoms with van der Waals surface area (Å²) in [5, 5.41) is 12.3. The number of carbonyl (C=O) groups is 1. The first-order valence-electron chi connectivity index (χ1n) is 7.88. The van der Waals surface area contributed by atoms with Gasteiger partial charge in [-0.3, -0.25) is 0 Å². The van der Waals surface area contributed by atoms with Crippen molar-refractivity contribution >= 4 is 6.03 Å². The number of phenolic OH excluding ortho intramolecular Hbond substituents is 1. The number of piperidine rings is 1. The first-order chi connectivity index (χ1) is 10.0. The van der Waals surface area contributed by atoms with Crippen LogP contribution in [0.15, 0.2) is 24.3 Å². The third-order valence-electron chi connectivity index (χ3n) is 4.12. The lowest BCUT2D eigenvalue weighted by atomic mass is 10.0. The number of phenols is 1. The Bertz CT molecular complexity index is 458. The van der Waals surface area contributed by atoms with Crippen LogP contribution in [0, 0.1) is 5.92 Å². The van der Waals surface area contributed by atoms with Crippen LogP contribution in [0.4, 0.5) is 4.79 Å². The molecule has 1 aromatic rings. The Morgan fingerprint density at radius 3 is 2.81 bits per heavy atom. The molecule has 1 heterocycles. The van der Waals surface area contributed by atoms with Crippen LogP contribution >= 0.6 is 0 Å². The van der Waals surface area contributed by atoms with Crippen molar-refractivity contribution in [3.05, 3.63) is 29.8 Å². The van der Waals surface area contributed by atoms with Gasteiger partial charge in [-0.2, -0.15) is 0 Å². The number of likely N-dealkylation sites (tertiary alicyclic amines) is 1. The lowest BCUT2D eigenvalue weighted by molar-refractivity contribution is 0.166. The SMILES string of the molecule is CC1CCCN(C(=O)NC(C)CCc2ccc(O)cc2)C1. The van der Waals surface area contributed by atoms with E-state index in [0.717, 1.165) is 32.4 Å². The molecule has 0 bridgehead atoms. The van der Waals surface area contributed by atoms with Crippen molar-refractivity contribution in [2.75, 3.05) is 13.1 Å². The van der Waals surface area contributed by atoms with Gasteiger partial charge in [-0.05, 0) is 56.2 Å². The maximum atomic E-state index is 12.2. The van der Waals surface area contributed by atoms with Crippen LogP contribution in [0.5, 0.6) is 5.75 Å². The first kappa shape index (κ1) is 15.7. The standard InChI is InChI=1S/C17H26N2O2/c1-13-4-3-11-19(12-13)17(21)18-14(2)5-6-15-7-9-16(20)10-8-15/h7-10,13-14,20H,3-6,11-12H2,1-2H3,(H,18,21). The molecule has 4 nitrogen and oxygen atoms in total. The largest absolute Gasteiger partial charge is 0.508 e. The number of amides is 2. The Morgan fingerprint density at radius 2 is 2.14 bits per heavy atom. The molecule has 0 saturated carbocycles. The van der Waals surface area contributed by atoms with Crippen LogP contribution in [0.1, 0.15) is 38.7 Å². The van der Waals surface area contributed by atoms with Crippen LogP contribution in [0.3, 0.4) is 0 Å². The molecule has 0 aliphatic carbocycles. The Labute approximate surface area is 127 Å². The molecule has 4 heteroatoms. The summed E-state index contributed by atoms with van der Waals surface area (Å²) in [7, 11) is 0. The van der Waals surface area contributed by atoms with E-state index in [1.165, 1.54) is 12.0 Å². The second kappa shape index (κ2) is 7.34. The highest BCUT2D eigenvalue weighted by molar-refractivity contribution is 5.74. The summed E-state index contributed by atoms with van der Waals surface area (Å²) in [6, 6.07) is 7.48. The van der Waals surface area contributed by atoms with Gasteiger partial charge in [-0.1, -0.05) is 19.1 Å². The summed E-state index contributed by atoms with van der Waals surface area (Å²) in [6.07, 6.45) is 4.13. The third kappa shape index (κ3) is 4.96. The Kier molecular flexibility index (Phi) is 5.48. The fraction of sp³-hybridized carbons (Fsp3) is 0.588. The molecule has 1 saturated heterocycles. The number of urea groups is 1. The lowest BCUT2D eigenvalue weighted by Crippen LogP contribution is -2.47. The van der Waals surface area contributed by atoms with Crippen molar-refractivity contribution < 1.29 is 9.90 Å². The number of nitrogens with one attached hydrogen (secondary N) is 1. The van der Waals surface area contributed by atoms with Crippen LogP contribution in [-0.2, 0) is 6.42 Å². The first-order valence-corrected chi connectivity index (χ1v) is 7.88. The topological polar surface area (TPSA) is 52.6 Å².